The molecule has 0 spiro atoms. The largest absolute Gasteiger partial charge is 0.376 e. The predicted molar refractivity (Wildman–Crippen MR) is 130 cm³/mol. The summed E-state index contributed by atoms with van der Waals surface area (Å²) in [5, 5.41) is 6.12. The van der Waals surface area contributed by atoms with Crippen LogP contribution in [0.2, 0.25) is 0 Å². The first kappa shape index (κ1) is 23.0. The number of benzene rings is 2. The number of fused-ring (bicyclic) bond motifs is 1. The summed E-state index contributed by atoms with van der Waals surface area (Å²) < 4.78 is 7.38. The molecular weight excluding hydrogens is 440 g/mol. The van der Waals surface area contributed by atoms with Crippen molar-refractivity contribution in [1.82, 2.24) is 9.55 Å². The molecule has 0 bridgehead atoms. The van der Waals surface area contributed by atoms with Crippen molar-refractivity contribution in [1.29, 1.82) is 0 Å². The van der Waals surface area contributed by atoms with E-state index in [1.54, 1.807) is 47.9 Å². The van der Waals surface area contributed by atoms with Gasteiger partial charge in [-0.15, -0.1) is 0 Å². The Morgan fingerprint density at radius 1 is 1.15 bits per heavy atom. The van der Waals surface area contributed by atoms with Crippen molar-refractivity contribution in [2.24, 2.45) is 0 Å². The third kappa shape index (κ3) is 5.61. The van der Waals surface area contributed by atoms with E-state index in [2.05, 4.69) is 10.6 Å². The summed E-state index contributed by atoms with van der Waals surface area (Å²) in [5.74, 6) is -0.368. The molecule has 1 aromatic heterocycles. The maximum absolute atomic E-state index is 13.2. The van der Waals surface area contributed by atoms with Gasteiger partial charge in [0.2, 0.25) is 11.8 Å². The van der Waals surface area contributed by atoms with Gasteiger partial charge in [-0.2, -0.15) is 0 Å². The number of nitrogens with zero attached hydrogens (tertiary/aromatic N) is 2. The van der Waals surface area contributed by atoms with E-state index in [0.29, 0.717) is 40.6 Å². The summed E-state index contributed by atoms with van der Waals surface area (Å²) in [5.41, 5.74) is 1.75. The monoisotopic (exact) mass is 466 g/mol. The van der Waals surface area contributed by atoms with Gasteiger partial charge in [0.1, 0.15) is 0 Å². The Balaban J connectivity index is 1.53. The van der Waals surface area contributed by atoms with Crippen LogP contribution in [0.25, 0.3) is 10.9 Å². The summed E-state index contributed by atoms with van der Waals surface area (Å²) >= 11 is 1.25. The Kier molecular flexibility index (Phi) is 7.10. The highest BCUT2D eigenvalue weighted by molar-refractivity contribution is 8.00. The molecule has 0 unspecified atom stereocenters. The second kappa shape index (κ2) is 10.2. The number of hydrogen-bond acceptors (Lipinski definition) is 6. The number of amides is 2. The lowest BCUT2D eigenvalue weighted by Crippen LogP contribution is -2.30. The number of carbonyl (C=O) groups is 2. The van der Waals surface area contributed by atoms with Crippen LogP contribution in [0, 0.1) is 0 Å². The minimum absolute atomic E-state index is 0.0312. The SMILES string of the molecule is CC(=O)Nc1ccc(NC(=O)[C@H](C)Sc2nc3ccccc3c(=O)n2C[C@H]2CCCO2)cc1. The van der Waals surface area contributed by atoms with Crippen LogP contribution in [-0.2, 0) is 20.9 Å². The number of anilines is 2. The van der Waals surface area contributed by atoms with Gasteiger partial charge < -0.3 is 15.4 Å². The van der Waals surface area contributed by atoms with E-state index in [9.17, 15) is 14.4 Å². The van der Waals surface area contributed by atoms with E-state index in [4.69, 9.17) is 9.72 Å². The average Bonchev–Trinajstić information content (AvgIpc) is 3.30. The molecule has 3 aromatic rings. The van der Waals surface area contributed by atoms with Gasteiger partial charge in [-0.3, -0.25) is 19.0 Å². The zero-order chi connectivity index (χ0) is 23.4. The minimum atomic E-state index is -0.496. The van der Waals surface area contributed by atoms with E-state index < -0.39 is 5.25 Å². The molecule has 1 saturated heterocycles. The molecule has 2 N–H and O–H groups in total. The van der Waals surface area contributed by atoms with Crippen molar-refractivity contribution >= 4 is 45.9 Å². The number of ether oxygens (including phenoxy) is 1. The van der Waals surface area contributed by atoms with Gasteiger partial charge in [-0.05, 0) is 56.2 Å². The number of nitrogens with one attached hydrogen (secondary N) is 2. The van der Waals surface area contributed by atoms with Crippen LogP contribution in [0.3, 0.4) is 0 Å². The van der Waals surface area contributed by atoms with E-state index >= 15 is 0 Å². The number of para-hydroxylation sites is 1. The Bertz CT molecular complexity index is 1220. The molecule has 1 aliphatic heterocycles. The first-order chi connectivity index (χ1) is 15.9. The zero-order valence-electron chi connectivity index (χ0n) is 18.5. The predicted octanol–water partition coefficient (Wildman–Crippen LogP) is 3.65. The molecule has 2 amide bonds. The quantitative estimate of drug-likeness (QED) is 0.407. The molecule has 8 nitrogen and oxygen atoms in total. The van der Waals surface area contributed by atoms with Crippen molar-refractivity contribution in [2.45, 2.75) is 49.7 Å². The summed E-state index contributed by atoms with van der Waals surface area (Å²) in [6.07, 6.45) is 1.84. The molecule has 0 saturated carbocycles. The average molecular weight is 467 g/mol. The van der Waals surface area contributed by atoms with Crippen LogP contribution >= 0.6 is 11.8 Å². The molecule has 0 radical (unpaired) electrons. The number of hydrogen-bond donors (Lipinski definition) is 2. The fraction of sp³-hybridized carbons (Fsp3) is 0.333. The van der Waals surface area contributed by atoms with Crippen LogP contribution in [0.4, 0.5) is 11.4 Å². The number of carbonyl (C=O) groups excluding carboxylic acids is 2. The van der Waals surface area contributed by atoms with Gasteiger partial charge in [0.05, 0.1) is 28.8 Å². The summed E-state index contributed by atoms with van der Waals surface area (Å²) in [6.45, 7) is 4.33. The van der Waals surface area contributed by atoms with Crippen LogP contribution < -0.4 is 16.2 Å². The highest BCUT2D eigenvalue weighted by atomic mass is 32.2. The Morgan fingerprint density at radius 2 is 1.85 bits per heavy atom. The van der Waals surface area contributed by atoms with Crippen LogP contribution in [-0.4, -0.2) is 39.3 Å². The second-order valence-electron chi connectivity index (χ2n) is 7.97. The summed E-state index contributed by atoms with van der Waals surface area (Å²) in [6, 6.07) is 14.1. The molecular formula is C24H26N4O4S. The fourth-order valence-corrected chi connectivity index (χ4v) is 4.60. The van der Waals surface area contributed by atoms with Crippen molar-refractivity contribution in [3.05, 3.63) is 58.9 Å². The maximum Gasteiger partial charge on any atom is 0.262 e. The normalized spacial score (nSPS) is 16.5. The molecule has 1 fully saturated rings. The standard InChI is InChI=1S/C24H26N4O4S/c1-15(22(30)26-18-11-9-17(10-12-18)25-16(2)29)33-24-27-21-8-4-3-7-20(21)23(31)28(24)14-19-6-5-13-32-19/h3-4,7-12,15,19H,5-6,13-14H2,1-2H3,(H,25,29)(H,26,30)/t15-,19+/m0/s1. The number of rotatable bonds is 7. The number of thioether (sulfide) groups is 1. The van der Waals surface area contributed by atoms with Gasteiger partial charge in [-0.1, -0.05) is 23.9 Å². The van der Waals surface area contributed by atoms with Gasteiger partial charge >= 0.3 is 0 Å². The van der Waals surface area contributed by atoms with E-state index in [1.165, 1.54) is 18.7 Å². The van der Waals surface area contributed by atoms with Gasteiger partial charge in [0, 0.05) is 24.9 Å². The van der Waals surface area contributed by atoms with Crippen molar-refractivity contribution in [3.63, 3.8) is 0 Å². The van der Waals surface area contributed by atoms with Crippen LogP contribution in [0.5, 0.6) is 0 Å². The lowest BCUT2D eigenvalue weighted by Gasteiger charge is -2.18. The van der Waals surface area contributed by atoms with Crippen molar-refractivity contribution < 1.29 is 14.3 Å². The lowest BCUT2D eigenvalue weighted by atomic mass is 10.2. The highest BCUT2D eigenvalue weighted by Gasteiger charge is 2.23. The van der Waals surface area contributed by atoms with Crippen LogP contribution in [0.15, 0.2) is 58.5 Å². The maximum atomic E-state index is 13.2. The van der Waals surface area contributed by atoms with Gasteiger partial charge in [0.25, 0.3) is 5.56 Å². The Hall–Kier alpha value is -3.17. The first-order valence-corrected chi connectivity index (χ1v) is 11.7. The number of aromatic nitrogens is 2. The summed E-state index contributed by atoms with van der Waals surface area (Å²) in [4.78, 5) is 41.9. The summed E-state index contributed by atoms with van der Waals surface area (Å²) in [7, 11) is 0. The molecule has 2 heterocycles. The van der Waals surface area contributed by atoms with E-state index in [-0.39, 0.29) is 23.5 Å². The fourth-order valence-electron chi connectivity index (χ4n) is 3.69. The molecule has 172 valence electrons. The first-order valence-electron chi connectivity index (χ1n) is 10.9. The Labute approximate surface area is 195 Å². The molecule has 9 heteroatoms. The van der Waals surface area contributed by atoms with Crippen LogP contribution in [0.1, 0.15) is 26.7 Å². The zero-order valence-corrected chi connectivity index (χ0v) is 19.4. The highest BCUT2D eigenvalue weighted by Crippen LogP contribution is 2.25. The van der Waals surface area contributed by atoms with Crippen molar-refractivity contribution in [3.8, 4) is 0 Å². The molecule has 4 rings (SSSR count). The Morgan fingerprint density at radius 3 is 2.52 bits per heavy atom. The van der Waals surface area contributed by atoms with Gasteiger partial charge in [0.15, 0.2) is 5.16 Å². The molecule has 33 heavy (non-hydrogen) atoms. The topological polar surface area (TPSA) is 102 Å². The van der Waals surface area contributed by atoms with Crippen molar-refractivity contribution in [2.75, 3.05) is 17.2 Å². The minimum Gasteiger partial charge on any atom is -0.376 e. The smallest absolute Gasteiger partial charge is 0.262 e. The molecule has 2 aromatic carbocycles. The second-order valence-corrected chi connectivity index (χ2v) is 9.28. The van der Waals surface area contributed by atoms with Gasteiger partial charge in [-0.25, -0.2) is 4.98 Å². The molecule has 2 atom stereocenters. The third-order valence-corrected chi connectivity index (χ3v) is 6.45. The molecule has 1 aliphatic rings. The lowest BCUT2D eigenvalue weighted by molar-refractivity contribution is -0.115. The third-order valence-electron chi connectivity index (χ3n) is 5.36. The van der Waals surface area contributed by atoms with E-state index in [0.717, 1.165) is 12.8 Å². The molecule has 0 aliphatic carbocycles. The van der Waals surface area contributed by atoms with E-state index in [1.807, 2.05) is 12.1 Å².